The van der Waals surface area contributed by atoms with E-state index in [9.17, 15) is 4.79 Å². The molecule has 1 atom stereocenters. The van der Waals surface area contributed by atoms with Gasteiger partial charge in [-0.05, 0) is 36.4 Å². The van der Waals surface area contributed by atoms with Gasteiger partial charge in [-0.25, -0.2) is 4.98 Å². The van der Waals surface area contributed by atoms with Crippen LogP contribution in [0.15, 0.2) is 40.5 Å². The van der Waals surface area contributed by atoms with Crippen molar-refractivity contribution in [3.63, 3.8) is 0 Å². The average Bonchev–Trinajstić information content (AvgIpc) is 3.05. The lowest BCUT2D eigenvalue weighted by molar-refractivity contribution is 0.655. The Morgan fingerprint density at radius 3 is 3.14 bits per heavy atom. The van der Waals surface area contributed by atoms with Gasteiger partial charge >= 0.3 is 0 Å². The maximum Gasteiger partial charge on any atom is 0.268 e. The molecular formula is C16H15N3OS. The molecule has 3 heterocycles. The third-order valence-electron chi connectivity index (χ3n) is 4.03. The first-order valence-electron chi connectivity index (χ1n) is 7.03. The Balaban J connectivity index is 1.73. The van der Waals surface area contributed by atoms with Crippen molar-refractivity contribution in [1.29, 1.82) is 0 Å². The van der Waals surface area contributed by atoms with E-state index in [1.54, 1.807) is 0 Å². The summed E-state index contributed by atoms with van der Waals surface area (Å²) in [6, 6.07) is 10.8. The number of nitrogens with one attached hydrogen (secondary N) is 1. The van der Waals surface area contributed by atoms with Crippen LogP contribution >= 0.6 is 11.3 Å². The van der Waals surface area contributed by atoms with Crippen LogP contribution in [0.1, 0.15) is 18.3 Å². The van der Waals surface area contributed by atoms with E-state index in [0.717, 1.165) is 17.8 Å². The van der Waals surface area contributed by atoms with Gasteiger partial charge in [0.1, 0.15) is 10.5 Å². The smallest absolute Gasteiger partial charge is 0.268 e. The molecule has 0 aliphatic carbocycles. The number of H-pyrrole nitrogens is 1. The summed E-state index contributed by atoms with van der Waals surface area (Å²) in [5.74, 6) is 0.731. The molecule has 0 spiro atoms. The molecule has 3 aromatic rings. The van der Waals surface area contributed by atoms with E-state index in [2.05, 4.69) is 46.1 Å². The second-order valence-electron chi connectivity index (χ2n) is 5.46. The fourth-order valence-corrected chi connectivity index (χ4v) is 3.75. The van der Waals surface area contributed by atoms with E-state index in [0.29, 0.717) is 17.3 Å². The second kappa shape index (κ2) is 4.70. The van der Waals surface area contributed by atoms with Gasteiger partial charge in [-0.1, -0.05) is 18.2 Å². The van der Waals surface area contributed by atoms with E-state index >= 15 is 0 Å². The van der Waals surface area contributed by atoms with Crippen molar-refractivity contribution >= 4 is 27.2 Å². The number of rotatable bonds is 2. The zero-order chi connectivity index (χ0) is 14.4. The molecule has 1 aromatic carbocycles. The van der Waals surface area contributed by atoms with Crippen LogP contribution in [0.25, 0.3) is 10.2 Å². The maximum absolute atomic E-state index is 12.1. The monoisotopic (exact) mass is 297 g/mol. The summed E-state index contributed by atoms with van der Waals surface area (Å²) in [4.78, 5) is 21.9. The van der Waals surface area contributed by atoms with Gasteiger partial charge in [0.05, 0.1) is 12.1 Å². The van der Waals surface area contributed by atoms with Crippen LogP contribution in [0.3, 0.4) is 0 Å². The summed E-state index contributed by atoms with van der Waals surface area (Å²) in [5, 5.41) is 1.91. The predicted molar refractivity (Wildman–Crippen MR) is 86.0 cm³/mol. The van der Waals surface area contributed by atoms with Crippen molar-refractivity contribution in [2.45, 2.75) is 25.9 Å². The molecule has 0 saturated carbocycles. The third kappa shape index (κ3) is 2.05. The molecule has 1 aliphatic heterocycles. The van der Waals surface area contributed by atoms with Gasteiger partial charge < -0.3 is 9.88 Å². The number of hydrogen-bond acceptors (Lipinski definition) is 4. The highest BCUT2D eigenvalue weighted by Crippen LogP contribution is 2.32. The topological polar surface area (TPSA) is 49.0 Å². The quantitative estimate of drug-likeness (QED) is 0.791. The summed E-state index contributed by atoms with van der Waals surface area (Å²) in [6.45, 7) is 2.85. The minimum atomic E-state index is -0.0369. The number of nitrogens with zero attached hydrogens (tertiary/aromatic N) is 2. The van der Waals surface area contributed by atoms with Gasteiger partial charge in [-0.2, -0.15) is 0 Å². The Hall–Kier alpha value is -2.14. The van der Waals surface area contributed by atoms with Crippen molar-refractivity contribution in [1.82, 2.24) is 9.97 Å². The maximum atomic E-state index is 12.1. The van der Waals surface area contributed by atoms with Crippen LogP contribution in [0.4, 0.5) is 5.69 Å². The summed E-state index contributed by atoms with van der Waals surface area (Å²) in [6.07, 6.45) is 1.04. The summed E-state index contributed by atoms with van der Waals surface area (Å²) < 4.78 is 0.702. The summed E-state index contributed by atoms with van der Waals surface area (Å²) in [5.41, 5.74) is 3.37. The van der Waals surface area contributed by atoms with E-state index in [1.807, 2.05) is 11.4 Å². The predicted octanol–water partition coefficient (Wildman–Crippen LogP) is 2.94. The normalized spacial score (nSPS) is 17.4. The van der Waals surface area contributed by atoms with Crippen LogP contribution in [0.5, 0.6) is 0 Å². The first-order valence-corrected chi connectivity index (χ1v) is 7.91. The molecule has 21 heavy (non-hydrogen) atoms. The number of fused-ring (bicyclic) bond motifs is 2. The lowest BCUT2D eigenvalue weighted by Crippen LogP contribution is -2.30. The number of benzene rings is 1. The lowest BCUT2D eigenvalue weighted by atomic mass is 10.1. The molecule has 0 amide bonds. The van der Waals surface area contributed by atoms with Crippen LogP contribution in [-0.4, -0.2) is 16.0 Å². The molecule has 5 heteroatoms. The SMILES string of the molecule is CC1Cc2ccccc2N1Cc1nc2ccsc2c(=O)[nH]1. The molecular weight excluding hydrogens is 282 g/mol. The van der Waals surface area contributed by atoms with Crippen LogP contribution in [-0.2, 0) is 13.0 Å². The molecule has 1 N–H and O–H groups in total. The van der Waals surface area contributed by atoms with E-state index in [-0.39, 0.29) is 5.56 Å². The summed E-state index contributed by atoms with van der Waals surface area (Å²) in [7, 11) is 0. The van der Waals surface area contributed by atoms with E-state index in [4.69, 9.17) is 0 Å². The number of aromatic nitrogens is 2. The molecule has 0 radical (unpaired) electrons. The molecule has 4 nitrogen and oxygen atoms in total. The van der Waals surface area contributed by atoms with Crippen molar-refractivity contribution in [2.24, 2.45) is 0 Å². The average molecular weight is 297 g/mol. The fourth-order valence-electron chi connectivity index (χ4n) is 3.03. The highest BCUT2D eigenvalue weighted by Gasteiger charge is 2.26. The number of para-hydroxylation sites is 1. The highest BCUT2D eigenvalue weighted by molar-refractivity contribution is 7.17. The van der Waals surface area contributed by atoms with Gasteiger partial charge in [0.2, 0.25) is 0 Å². The molecule has 1 unspecified atom stereocenters. The third-order valence-corrected chi connectivity index (χ3v) is 4.93. The standard InChI is InChI=1S/C16H15N3OS/c1-10-8-11-4-2-3-5-13(11)19(10)9-14-17-12-6-7-21-15(12)16(20)18-14/h2-7,10H,8-9H2,1H3,(H,17,18,20). The number of anilines is 1. The van der Waals surface area contributed by atoms with E-state index < -0.39 is 0 Å². The minimum absolute atomic E-state index is 0.0369. The Labute approximate surface area is 126 Å². The zero-order valence-corrected chi connectivity index (χ0v) is 12.5. The molecule has 4 rings (SSSR count). The molecule has 0 fully saturated rings. The first-order chi connectivity index (χ1) is 10.2. The molecule has 1 aliphatic rings. The van der Waals surface area contributed by atoms with Gasteiger partial charge in [-0.3, -0.25) is 4.79 Å². The number of thiophene rings is 1. The van der Waals surface area contributed by atoms with Crippen molar-refractivity contribution in [3.8, 4) is 0 Å². The minimum Gasteiger partial charge on any atom is -0.361 e. The lowest BCUT2D eigenvalue weighted by Gasteiger charge is -2.24. The van der Waals surface area contributed by atoms with Crippen LogP contribution in [0.2, 0.25) is 0 Å². The second-order valence-corrected chi connectivity index (χ2v) is 6.37. The van der Waals surface area contributed by atoms with Crippen LogP contribution in [0, 0.1) is 0 Å². The fraction of sp³-hybridized carbons (Fsp3) is 0.250. The van der Waals surface area contributed by atoms with Crippen molar-refractivity contribution in [2.75, 3.05) is 4.90 Å². The Morgan fingerprint density at radius 1 is 1.38 bits per heavy atom. The zero-order valence-electron chi connectivity index (χ0n) is 11.7. The Kier molecular flexibility index (Phi) is 2.82. The van der Waals surface area contributed by atoms with Gasteiger partial charge in [0.25, 0.3) is 5.56 Å². The number of aromatic amines is 1. The number of hydrogen-bond donors (Lipinski definition) is 1. The Bertz CT molecular complexity index is 867. The molecule has 2 aromatic heterocycles. The van der Waals surface area contributed by atoms with E-state index in [1.165, 1.54) is 22.6 Å². The van der Waals surface area contributed by atoms with Gasteiger partial charge in [0.15, 0.2) is 0 Å². The van der Waals surface area contributed by atoms with Gasteiger partial charge in [0, 0.05) is 11.7 Å². The van der Waals surface area contributed by atoms with Crippen LogP contribution < -0.4 is 10.5 Å². The largest absolute Gasteiger partial charge is 0.361 e. The first kappa shape index (κ1) is 12.6. The highest BCUT2D eigenvalue weighted by atomic mass is 32.1. The Morgan fingerprint density at radius 2 is 2.24 bits per heavy atom. The molecule has 0 saturated heterocycles. The summed E-state index contributed by atoms with van der Waals surface area (Å²) >= 11 is 1.43. The molecule has 106 valence electrons. The molecule has 0 bridgehead atoms. The van der Waals surface area contributed by atoms with Gasteiger partial charge in [-0.15, -0.1) is 11.3 Å². The van der Waals surface area contributed by atoms with Crippen molar-refractivity contribution in [3.05, 3.63) is 57.5 Å². The van der Waals surface area contributed by atoms with Crippen molar-refractivity contribution < 1.29 is 0 Å².